The molecule has 6 nitrogen and oxygen atoms in total. The van der Waals surface area contributed by atoms with E-state index in [0.717, 1.165) is 0 Å². The zero-order chi connectivity index (χ0) is 28.8. The molecule has 2 aromatic carbocycles. The number of benzene rings is 2. The molecule has 2 aromatic rings. The molecule has 0 fully saturated rings. The van der Waals surface area contributed by atoms with Crippen LogP contribution in [0.25, 0.3) is 0 Å². The van der Waals surface area contributed by atoms with Gasteiger partial charge < -0.3 is 19.5 Å². The Morgan fingerprint density at radius 2 is 0.921 bits per heavy atom. The van der Waals surface area contributed by atoms with Gasteiger partial charge in [-0.2, -0.15) is 0 Å². The number of carbonyl (C=O) groups excluding carboxylic acids is 2. The molecule has 8 heteroatoms. The summed E-state index contributed by atoms with van der Waals surface area (Å²) in [5, 5.41) is 6.34. The van der Waals surface area contributed by atoms with Crippen molar-refractivity contribution in [1.29, 1.82) is 0 Å². The summed E-state index contributed by atoms with van der Waals surface area (Å²) in [6.07, 6.45) is 0. The summed E-state index contributed by atoms with van der Waals surface area (Å²) in [4.78, 5) is 26.6. The quantitative estimate of drug-likeness (QED) is 0.305. The summed E-state index contributed by atoms with van der Waals surface area (Å²) in [6.45, 7) is 22.4. The highest BCUT2D eigenvalue weighted by Crippen LogP contribution is 2.37. The molecule has 2 amide bonds. The Labute approximate surface area is 232 Å². The smallest absolute Gasteiger partial charge is 0.251 e. The maximum absolute atomic E-state index is 13.3. The predicted octanol–water partition coefficient (Wildman–Crippen LogP) is 6.63. The highest BCUT2D eigenvalue weighted by molar-refractivity contribution is 6.74. The average Bonchev–Trinajstić information content (AvgIpc) is 2.83. The Morgan fingerprint density at radius 3 is 1.18 bits per heavy atom. The highest BCUT2D eigenvalue weighted by Gasteiger charge is 2.41. The topological polar surface area (TPSA) is 76.7 Å². The van der Waals surface area contributed by atoms with Gasteiger partial charge in [0.2, 0.25) is 0 Å². The van der Waals surface area contributed by atoms with Crippen LogP contribution in [0.3, 0.4) is 0 Å². The SMILES string of the molecule is CC(C)(C)[Si](C)(C)OC[C@@H](NC(=O)c1ccccc1)[C@@H](CO[Si](C)(C)C(C)(C)C)NC(=O)c1ccccc1. The van der Waals surface area contributed by atoms with Crippen LogP contribution in [0.4, 0.5) is 0 Å². The first-order valence-corrected chi connectivity index (χ1v) is 19.3. The van der Waals surface area contributed by atoms with Crippen LogP contribution in [0, 0.1) is 0 Å². The third-order valence-electron chi connectivity index (χ3n) is 8.05. The van der Waals surface area contributed by atoms with E-state index in [2.05, 4.69) is 78.4 Å². The van der Waals surface area contributed by atoms with E-state index >= 15 is 0 Å². The van der Waals surface area contributed by atoms with Crippen molar-refractivity contribution in [1.82, 2.24) is 10.6 Å². The lowest BCUT2D eigenvalue weighted by Gasteiger charge is -2.40. The summed E-state index contributed by atoms with van der Waals surface area (Å²) in [7, 11) is -4.27. The van der Waals surface area contributed by atoms with Gasteiger partial charge in [-0.15, -0.1) is 0 Å². The van der Waals surface area contributed by atoms with Crippen molar-refractivity contribution in [2.24, 2.45) is 0 Å². The molecule has 0 aromatic heterocycles. The van der Waals surface area contributed by atoms with Crippen LogP contribution >= 0.6 is 0 Å². The van der Waals surface area contributed by atoms with Gasteiger partial charge in [0.25, 0.3) is 11.8 Å². The minimum absolute atomic E-state index is 0.00140. The van der Waals surface area contributed by atoms with E-state index in [1.807, 2.05) is 36.4 Å². The van der Waals surface area contributed by atoms with Gasteiger partial charge >= 0.3 is 0 Å². The van der Waals surface area contributed by atoms with Crippen LogP contribution in [0.1, 0.15) is 62.3 Å². The monoisotopic (exact) mass is 556 g/mol. The standard InChI is InChI=1S/C30H48N2O4Si2/c1-29(2,3)37(7,8)35-21-25(31-27(33)23-17-13-11-14-18-23)26(22-36-38(9,10)30(4,5)6)32-28(34)24-19-15-12-16-20-24/h11-20,25-26H,21-22H2,1-10H3,(H,31,33)(H,32,34)/t25-,26-/m1/s1. The van der Waals surface area contributed by atoms with Gasteiger partial charge in [0.1, 0.15) is 0 Å². The van der Waals surface area contributed by atoms with Gasteiger partial charge in [0, 0.05) is 11.1 Å². The predicted molar refractivity (Wildman–Crippen MR) is 162 cm³/mol. The summed E-state index contributed by atoms with van der Waals surface area (Å²) < 4.78 is 13.2. The van der Waals surface area contributed by atoms with Crippen molar-refractivity contribution in [2.45, 2.75) is 89.9 Å². The average molecular weight is 557 g/mol. The van der Waals surface area contributed by atoms with E-state index in [1.54, 1.807) is 24.3 Å². The van der Waals surface area contributed by atoms with E-state index < -0.39 is 28.7 Å². The lowest BCUT2D eigenvalue weighted by Crippen LogP contribution is -2.58. The number of rotatable bonds is 11. The van der Waals surface area contributed by atoms with Crippen LogP contribution in [-0.4, -0.2) is 53.7 Å². The lowest BCUT2D eigenvalue weighted by molar-refractivity contribution is 0.0818. The largest absolute Gasteiger partial charge is 0.415 e. The second kappa shape index (κ2) is 12.7. The molecule has 0 aliphatic rings. The maximum Gasteiger partial charge on any atom is 0.251 e. The Kier molecular flexibility index (Phi) is 10.7. The molecule has 0 radical (unpaired) electrons. The first-order chi connectivity index (χ1) is 17.4. The zero-order valence-electron chi connectivity index (χ0n) is 25.0. The summed E-state index contributed by atoms with van der Waals surface area (Å²) in [6, 6.07) is 17.3. The molecule has 0 saturated carbocycles. The Morgan fingerprint density at radius 1 is 0.632 bits per heavy atom. The van der Waals surface area contributed by atoms with Crippen molar-refractivity contribution < 1.29 is 18.4 Å². The third kappa shape index (κ3) is 8.90. The number of nitrogens with one attached hydrogen (secondary N) is 2. The summed E-state index contributed by atoms with van der Waals surface area (Å²) in [5.41, 5.74) is 1.12. The number of hydrogen-bond acceptors (Lipinski definition) is 4. The molecule has 210 valence electrons. The van der Waals surface area contributed by atoms with Crippen molar-refractivity contribution in [2.75, 3.05) is 13.2 Å². The first-order valence-electron chi connectivity index (χ1n) is 13.4. The van der Waals surface area contributed by atoms with Crippen molar-refractivity contribution >= 4 is 28.4 Å². The van der Waals surface area contributed by atoms with Crippen molar-refractivity contribution in [3.05, 3.63) is 71.8 Å². The second-order valence-corrected chi connectivity index (χ2v) is 22.7. The van der Waals surface area contributed by atoms with Gasteiger partial charge in [-0.25, -0.2) is 0 Å². The minimum Gasteiger partial charge on any atom is -0.415 e. The molecule has 0 saturated heterocycles. The minimum atomic E-state index is -2.13. The molecule has 2 atom stereocenters. The molecule has 0 aliphatic heterocycles. The Hall–Kier alpha value is -2.27. The number of hydrogen-bond donors (Lipinski definition) is 2. The van der Waals surface area contributed by atoms with Crippen LogP contribution in [0.2, 0.25) is 36.3 Å². The zero-order valence-corrected chi connectivity index (χ0v) is 27.0. The molecule has 38 heavy (non-hydrogen) atoms. The fourth-order valence-electron chi connectivity index (χ4n) is 3.23. The maximum atomic E-state index is 13.3. The number of carbonyl (C=O) groups is 2. The summed E-state index contributed by atoms with van der Waals surface area (Å²) >= 11 is 0. The second-order valence-electron chi connectivity index (χ2n) is 13.0. The molecule has 2 rings (SSSR count). The lowest BCUT2D eigenvalue weighted by atomic mass is 10.1. The van der Waals surface area contributed by atoms with Gasteiger partial charge in [-0.3, -0.25) is 9.59 Å². The molecule has 0 spiro atoms. The highest BCUT2D eigenvalue weighted by atomic mass is 28.4. The van der Waals surface area contributed by atoms with E-state index in [4.69, 9.17) is 8.85 Å². The van der Waals surface area contributed by atoms with Gasteiger partial charge in [-0.05, 0) is 60.5 Å². The Balaban J connectivity index is 2.41. The fourth-order valence-corrected chi connectivity index (χ4v) is 5.29. The van der Waals surface area contributed by atoms with Gasteiger partial charge in [0.15, 0.2) is 16.6 Å². The number of amides is 2. The van der Waals surface area contributed by atoms with Crippen molar-refractivity contribution in [3.63, 3.8) is 0 Å². The van der Waals surface area contributed by atoms with Gasteiger partial charge in [-0.1, -0.05) is 77.9 Å². The van der Waals surface area contributed by atoms with E-state index in [9.17, 15) is 9.59 Å². The molecule has 0 bridgehead atoms. The molecule has 0 unspecified atom stereocenters. The van der Waals surface area contributed by atoms with Crippen LogP contribution in [-0.2, 0) is 8.85 Å². The van der Waals surface area contributed by atoms with Crippen LogP contribution in [0.15, 0.2) is 60.7 Å². The van der Waals surface area contributed by atoms with E-state index in [0.29, 0.717) is 11.1 Å². The first kappa shape index (κ1) is 31.9. The molecular formula is C30H48N2O4Si2. The summed E-state index contributed by atoms with van der Waals surface area (Å²) in [5.74, 6) is -0.415. The third-order valence-corrected chi connectivity index (χ3v) is 17.1. The normalized spacial score (nSPS) is 14.5. The molecular weight excluding hydrogens is 509 g/mol. The van der Waals surface area contributed by atoms with Gasteiger partial charge in [0.05, 0.1) is 25.3 Å². The van der Waals surface area contributed by atoms with E-state index in [-0.39, 0.29) is 35.1 Å². The van der Waals surface area contributed by atoms with E-state index in [1.165, 1.54) is 0 Å². The van der Waals surface area contributed by atoms with Crippen LogP contribution in [0.5, 0.6) is 0 Å². The fraction of sp³-hybridized carbons (Fsp3) is 0.533. The van der Waals surface area contributed by atoms with Crippen LogP contribution < -0.4 is 10.6 Å². The Bertz CT molecular complexity index is 960. The molecule has 0 heterocycles. The molecule has 0 aliphatic carbocycles. The van der Waals surface area contributed by atoms with Crippen molar-refractivity contribution in [3.8, 4) is 0 Å². The molecule has 2 N–H and O–H groups in total.